The van der Waals surface area contributed by atoms with E-state index in [0.717, 1.165) is 19.0 Å². The smallest absolute Gasteiger partial charge is 0.0877 e. The Kier molecular flexibility index (Phi) is 2.31. The number of hydrogen-bond acceptors (Lipinski definition) is 0. The van der Waals surface area contributed by atoms with Crippen LogP contribution in [0.4, 0.5) is 0 Å². The topological polar surface area (TPSA) is 0 Å². The van der Waals surface area contributed by atoms with Crippen LogP contribution in [0.1, 0.15) is 27.7 Å². The van der Waals surface area contributed by atoms with Gasteiger partial charge in [0, 0.05) is 0 Å². The monoisotopic (exact) mass is 164 g/mol. The molecular weight excluding hydrogens is 152 g/mol. The first-order valence-corrected chi connectivity index (χ1v) is 5.50. The highest BCUT2D eigenvalue weighted by Gasteiger charge is 2.10. The fraction of sp³-hybridized carbons (Fsp3) is 0.500. The van der Waals surface area contributed by atoms with E-state index in [9.17, 15) is 0 Å². The summed E-state index contributed by atoms with van der Waals surface area (Å²) in [6.07, 6.45) is 0. The van der Waals surface area contributed by atoms with E-state index in [4.69, 9.17) is 0 Å². The Morgan fingerprint density at radius 1 is 0.600 bits per heavy atom. The van der Waals surface area contributed by atoms with Crippen molar-refractivity contribution in [3.05, 3.63) is 20.8 Å². The molecule has 0 bridgehead atoms. The largest absolute Gasteiger partial charge is 0.108 e. The van der Waals surface area contributed by atoms with Gasteiger partial charge in [0.1, 0.15) is 19.0 Å². The molecule has 1 aliphatic heterocycles. The second-order valence-corrected chi connectivity index (χ2v) is 6.25. The van der Waals surface area contributed by atoms with Crippen LogP contribution < -0.4 is 0 Å². The van der Waals surface area contributed by atoms with Crippen LogP contribution in [0.25, 0.3) is 0 Å². The molecule has 10 heavy (non-hydrogen) atoms. The van der Waals surface area contributed by atoms with Crippen LogP contribution >= 0.6 is 0 Å². The summed E-state index contributed by atoms with van der Waals surface area (Å²) in [5.41, 5.74) is 0. The molecular formula is C8H12Si2. The fourth-order valence-corrected chi connectivity index (χ4v) is 3.56. The molecule has 0 aromatic carbocycles. The zero-order valence-corrected chi connectivity index (χ0v) is 9.00. The van der Waals surface area contributed by atoms with Crippen molar-refractivity contribution in [1.29, 1.82) is 0 Å². The molecule has 0 aromatic rings. The molecule has 0 N–H and O–H groups in total. The maximum absolute atomic E-state index is 2.26. The molecule has 0 amide bonds. The van der Waals surface area contributed by atoms with Gasteiger partial charge in [-0.2, -0.15) is 0 Å². The molecule has 0 saturated carbocycles. The first kappa shape index (κ1) is 8.01. The van der Waals surface area contributed by atoms with Crippen molar-refractivity contribution in [3.8, 4) is 0 Å². The van der Waals surface area contributed by atoms with Gasteiger partial charge in [-0.15, -0.1) is 0 Å². The van der Waals surface area contributed by atoms with Crippen molar-refractivity contribution in [2.24, 2.45) is 0 Å². The summed E-state index contributed by atoms with van der Waals surface area (Å²) in [5.74, 6) is 0. The summed E-state index contributed by atoms with van der Waals surface area (Å²) < 4.78 is 0. The summed E-state index contributed by atoms with van der Waals surface area (Å²) in [5, 5.41) is 6.45. The van der Waals surface area contributed by atoms with Crippen molar-refractivity contribution in [2.75, 3.05) is 0 Å². The summed E-state index contributed by atoms with van der Waals surface area (Å²) >= 11 is 0. The Morgan fingerprint density at radius 3 is 1.00 bits per heavy atom. The maximum atomic E-state index is 2.26. The second kappa shape index (κ2) is 2.88. The highest BCUT2D eigenvalue weighted by molar-refractivity contribution is 6.67. The van der Waals surface area contributed by atoms with Crippen LogP contribution in [0.2, 0.25) is 0 Å². The van der Waals surface area contributed by atoms with Crippen molar-refractivity contribution < 1.29 is 0 Å². The summed E-state index contributed by atoms with van der Waals surface area (Å²) in [6.45, 7) is 9.04. The molecule has 0 fully saturated rings. The molecule has 0 aliphatic carbocycles. The van der Waals surface area contributed by atoms with E-state index in [1.54, 1.807) is 20.8 Å². The normalized spacial score (nSPS) is 20.4. The Hall–Kier alpha value is -0.0862. The van der Waals surface area contributed by atoms with Crippen LogP contribution in [0.15, 0.2) is 20.8 Å². The Morgan fingerprint density at radius 2 is 0.800 bits per heavy atom. The molecule has 1 heterocycles. The Bertz CT molecular complexity index is 167. The highest BCUT2D eigenvalue weighted by atomic mass is 28.2. The lowest BCUT2D eigenvalue weighted by molar-refractivity contribution is 1.42. The summed E-state index contributed by atoms with van der Waals surface area (Å²) in [4.78, 5) is 0. The van der Waals surface area contributed by atoms with E-state index in [-0.39, 0.29) is 0 Å². The molecule has 4 radical (unpaired) electrons. The predicted molar refractivity (Wildman–Crippen MR) is 48.3 cm³/mol. The minimum atomic E-state index is 0.976. The quantitative estimate of drug-likeness (QED) is 0.480. The van der Waals surface area contributed by atoms with E-state index >= 15 is 0 Å². The fourth-order valence-electron chi connectivity index (χ4n) is 0.938. The minimum absolute atomic E-state index is 0.976. The van der Waals surface area contributed by atoms with Crippen molar-refractivity contribution in [1.82, 2.24) is 0 Å². The minimum Gasteiger partial charge on any atom is -0.0877 e. The van der Waals surface area contributed by atoms with Gasteiger partial charge in [0.2, 0.25) is 0 Å². The van der Waals surface area contributed by atoms with Gasteiger partial charge < -0.3 is 0 Å². The molecule has 0 aromatic heterocycles. The molecule has 1 aliphatic rings. The Balaban J connectivity index is 2.81. The maximum Gasteiger partial charge on any atom is 0.108 e. The van der Waals surface area contributed by atoms with Gasteiger partial charge in [-0.25, -0.2) is 0 Å². The van der Waals surface area contributed by atoms with Crippen LogP contribution in [0.5, 0.6) is 0 Å². The third-order valence-corrected chi connectivity index (χ3v) is 5.38. The number of hydrogen-bond donors (Lipinski definition) is 0. The standard InChI is InChI=1S/C8H12Si2/c1-5-6(2)10-8(4)7(3)9-5/h1-4H3. The van der Waals surface area contributed by atoms with Crippen LogP contribution in [-0.4, -0.2) is 19.0 Å². The van der Waals surface area contributed by atoms with E-state index in [1.807, 2.05) is 0 Å². The summed E-state index contributed by atoms with van der Waals surface area (Å²) in [7, 11) is 1.95. The molecule has 0 nitrogen and oxygen atoms in total. The molecule has 0 atom stereocenters. The van der Waals surface area contributed by atoms with Crippen molar-refractivity contribution in [2.45, 2.75) is 27.7 Å². The molecule has 0 spiro atoms. The molecule has 0 unspecified atom stereocenters. The van der Waals surface area contributed by atoms with Crippen LogP contribution in [0.3, 0.4) is 0 Å². The van der Waals surface area contributed by atoms with Gasteiger partial charge in [0.25, 0.3) is 0 Å². The van der Waals surface area contributed by atoms with Crippen LogP contribution in [-0.2, 0) is 0 Å². The van der Waals surface area contributed by atoms with Crippen molar-refractivity contribution in [3.63, 3.8) is 0 Å². The van der Waals surface area contributed by atoms with Gasteiger partial charge in [0.05, 0.1) is 0 Å². The molecule has 1 rings (SSSR count). The second-order valence-electron chi connectivity index (χ2n) is 2.75. The predicted octanol–water partition coefficient (Wildman–Crippen LogP) is 1.91. The lowest BCUT2D eigenvalue weighted by atomic mass is 10.5. The zero-order chi connectivity index (χ0) is 7.72. The number of allylic oxidation sites excluding steroid dienone is 4. The van der Waals surface area contributed by atoms with E-state index in [0.29, 0.717) is 0 Å². The van der Waals surface area contributed by atoms with Gasteiger partial charge in [-0.1, -0.05) is 20.8 Å². The van der Waals surface area contributed by atoms with E-state index in [2.05, 4.69) is 27.7 Å². The SMILES string of the molecule is CC1=C(C)[Si]C(C)=C(C)[Si]1. The lowest BCUT2D eigenvalue weighted by Gasteiger charge is -2.15. The average molecular weight is 164 g/mol. The first-order chi connectivity index (χ1) is 4.61. The Labute approximate surface area is 68.1 Å². The van der Waals surface area contributed by atoms with E-state index in [1.165, 1.54) is 0 Å². The average Bonchev–Trinajstić information content (AvgIpc) is 1.84. The van der Waals surface area contributed by atoms with E-state index < -0.39 is 0 Å². The molecule has 2 heteroatoms. The first-order valence-electron chi connectivity index (χ1n) is 3.50. The zero-order valence-electron chi connectivity index (χ0n) is 7.00. The molecule has 52 valence electrons. The number of rotatable bonds is 0. The van der Waals surface area contributed by atoms with Gasteiger partial charge in [0.15, 0.2) is 0 Å². The van der Waals surface area contributed by atoms with Gasteiger partial charge in [-0.3, -0.25) is 0 Å². The third-order valence-electron chi connectivity index (χ3n) is 1.88. The van der Waals surface area contributed by atoms with Crippen molar-refractivity contribution >= 4 is 19.0 Å². The third kappa shape index (κ3) is 1.49. The lowest BCUT2D eigenvalue weighted by Crippen LogP contribution is -2.13. The highest BCUT2D eigenvalue weighted by Crippen LogP contribution is 2.16. The van der Waals surface area contributed by atoms with Gasteiger partial charge in [-0.05, 0) is 27.7 Å². The summed E-state index contributed by atoms with van der Waals surface area (Å²) in [6, 6.07) is 0. The van der Waals surface area contributed by atoms with Crippen LogP contribution in [0, 0.1) is 0 Å². The molecule has 0 saturated heterocycles. The van der Waals surface area contributed by atoms with Gasteiger partial charge >= 0.3 is 0 Å².